The second-order valence-corrected chi connectivity index (χ2v) is 10.0. The lowest BCUT2D eigenvalue weighted by atomic mass is 10.2. The van der Waals surface area contributed by atoms with Crippen LogP contribution in [0, 0.1) is 10.1 Å². The molecular formula is C20H26BrN5O5S. The Balaban J connectivity index is 1.85. The molecule has 0 spiro atoms. The first-order valence-corrected chi connectivity index (χ1v) is 12.7. The quantitative estimate of drug-likeness (QED) is 0.281. The smallest absolute Gasteiger partial charge is 0.270 e. The number of alkyl halides is 1. The molecule has 1 aliphatic heterocycles. The Kier molecular flexibility index (Phi) is 8.54. The highest BCUT2D eigenvalue weighted by molar-refractivity contribution is 9.09. The number of nitro groups is 1. The number of anilines is 1. The summed E-state index contributed by atoms with van der Waals surface area (Å²) in [6.07, 6.45) is 3.45. The van der Waals surface area contributed by atoms with Crippen LogP contribution in [0.25, 0.3) is 0 Å². The summed E-state index contributed by atoms with van der Waals surface area (Å²) in [5.74, 6) is 0. The van der Waals surface area contributed by atoms with Gasteiger partial charge in [-0.1, -0.05) is 15.9 Å². The predicted molar refractivity (Wildman–Crippen MR) is 124 cm³/mol. The highest BCUT2D eigenvalue weighted by Crippen LogP contribution is 2.32. The van der Waals surface area contributed by atoms with E-state index >= 15 is 0 Å². The molecule has 1 saturated heterocycles. The van der Waals surface area contributed by atoms with Gasteiger partial charge < -0.3 is 10.0 Å². The molecule has 10 nitrogen and oxygen atoms in total. The molecule has 174 valence electrons. The first-order valence-electron chi connectivity index (χ1n) is 10.2. The monoisotopic (exact) mass is 527 g/mol. The van der Waals surface area contributed by atoms with Crippen molar-refractivity contribution in [3.63, 3.8) is 0 Å². The van der Waals surface area contributed by atoms with Gasteiger partial charge >= 0.3 is 0 Å². The topological polar surface area (TPSA) is 120 Å². The largest absolute Gasteiger partial charge is 0.395 e. The SMILES string of the molecule is O=[N+]([O-])c1ccc(N(CCO)CCBr)c(S(=O)(=O)N2CCN(Cc3ccncc3)CC2)c1. The van der Waals surface area contributed by atoms with Crippen LogP contribution in [0.3, 0.4) is 0 Å². The third kappa shape index (κ3) is 5.81. The predicted octanol–water partition coefficient (Wildman–Crippen LogP) is 1.69. The van der Waals surface area contributed by atoms with E-state index in [1.54, 1.807) is 17.3 Å². The van der Waals surface area contributed by atoms with Crippen LogP contribution in [0.5, 0.6) is 0 Å². The van der Waals surface area contributed by atoms with Crippen molar-refractivity contribution >= 4 is 37.3 Å². The molecule has 1 aromatic heterocycles. The summed E-state index contributed by atoms with van der Waals surface area (Å²) in [6, 6.07) is 7.71. The van der Waals surface area contributed by atoms with Gasteiger partial charge in [0.25, 0.3) is 5.69 Å². The molecule has 0 amide bonds. The van der Waals surface area contributed by atoms with E-state index in [0.717, 1.165) is 11.6 Å². The molecular weight excluding hydrogens is 502 g/mol. The summed E-state index contributed by atoms with van der Waals surface area (Å²) >= 11 is 3.34. The second-order valence-electron chi connectivity index (χ2n) is 7.34. The Labute approximate surface area is 195 Å². The molecule has 0 unspecified atom stereocenters. The van der Waals surface area contributed by atoms with Gasteiger partial charge in [0.1, 0.15) is 4.90 Å². The van der Waals surface area contributed by atoms with Crippen LogP contribution in [-0.4, -0.2) is 83.8 Å². The Hall–Kier alpha value is -2.12. The highest BCUT2D eigenvalue weighted by Gasteiger charge is 2.33. The molecule has 0 bridgehead atoms. The Morgan fingerprint density at radius 2 is 1.81 bits per heavy atom. The van der Waals surface area contributed by atoms with Crippen LogP contribution in [0.2, 0.25) is 0 Å². The minimum atomic E-state index is -3.97. The zero-order valence-electron chi connectivity index (χ0n) is 17.5. The van der Waals surface area contributed by atoms with Gasteiger partial charge in [0, 0.05) is 75.7 Å². The maximum Gasteiger partial charge on any atom is 0.270 e. The van der Waals surface area contributed by atoms with E-state index < -0.39 is 14.9 Å². The number of non-ortho nitro benzene ring substituents is 1. The van der Waals surface area contributed by atoms with Gasteiger partial charge in [0.2, 0.25) is 10.0 Å². The zero-order valence-corrected chi connectivity index (χ0v) is 19.9. The van der Waals surface area contributed by atoms with Crippen LogP contribution in [0.15, 0.2) is 47.6 Å². The molecule has 12 heteroatoms. The van der Waals surface area contributed by atoms with E-state index in [0.29, 0.717) is 37.2 Å². The summed E-state index contributed by atoms with van der Waals surface area (Å²) in [5.41, 5.74) is 1.17. The number of aromatic nitrogens is 1. The first kappa shape index (κ1) is 24.5. The second kappa shape index (κ2) is 11.1. The van der Waals surface area contributed by atoms with Gasteiger partial charge in [-0.3, -0.25) is 20.0 Å². The normalized spacial score (nSPS) is 15.6. The average molecular weight is 528 g/mol. The molecule has 2 aromatic rings. The van der Waals surface area contributed by atoms with Crippen molar-refractivity contribution in [2.75, 3.05) is 56.1 Å². The van der Waals surface area contributed by atoms with Gasteiger partial charge in [-0.15, -0.1) is 0 Å². The van der Waals surface area contributed by atoms with Crippen LogP contribution in [0.4, 0.5) is 11.4 Å². The lowest BCUT2D eigenvalue weighted by Gasteiger charge is -2.35. The Morgan fingerprint density at radius 3 is 2.41 bits per heavy atom. The fourth-order valence-corrected chi connectivity index (χ4v) is 5.75. The number of hydrogen-bond donors (Lipinski definition) is 1. The van der Waals surface area contributed by atoms with E-state index in [9.17, 15) is 23.6 Å². The Bertz CT molecular complexity index is 1010. The van der Waals surface area contributed by atoms with E-state index in [1.165, 1.54) is 16.4 Å². The van der Waals surface area contributed by atoms with Crippen molar-refractivity contribution in [1.82, 2.24) is 14.2 Å². The van der Waals surface area contributed by atoms with Crippen molar-refractivity contribution < 1.29 is 18.4 Å². The zero-order chi connectivity index (χ0) is 23.1. The minimum absolute atomic E-state index is 0.108. The minimum Gasteiger partial charge on any atom is -0.395 e. The first-order chi connectivity index (χ1) is 15.4. The van der Waals surface area contributed by atoms with Gasteiger partial charge in [0.05, 0.1) is 17.2 Å². The standard InChI is InChI=1S/C20H26BrN5O5S/c21-5-8-24(13-14-27)19-2-1-18(26(28)29)15-20(19)32(30,31)25-11-9-23(10-12-25)16-17-3-6-22-7-4-17/h1-4,6-7,15,27H,5,8-14,16H2. The molecule has 32 heavy (non-hydrogen) atoms. The Morgan fingerprint density at radius 1 is 1.12 bits per heavy atom. The number of hydrogen-bond acceptors (Lipinski definition) is 8. The number of aliphatic hydroxyl groups excluding tert-OH is 1. The molecule has 0 saturated carbocycles. The van der Waals surface area contributed by atoms with Gasteiger partial charge in [-0.25, -0.2) is 8.42 Å². The lowest BCUT2D eigenvalue weighted by Crippen LogP contribution is -2.48. The summed E-state index contributed by atoms with van der Waals surface area (Å²) in [7, 11) is -3.97. The van der Waals surface area contributed by atoms with Gasteiger partial charge in [-0.05, 0) is 23.8 Å². The highest BCUT2D eigenvalue weighted by atomic mass is 79.9. The molecule has 0 aliphatic carbocycles. The molecule has 0 radical (unpaired) electrons. The molecule has 2 heterocycles. The fourth-order valence-electron chi connectivity index (χ4n) is 3.67. The van der Waals surface area contributed by atoms with Crippen molar-refractivity contribution in [3.8, 4) is 0 Å². The summed E-state index contributed by atoms with van der Waals surface area (Å²) < 4.78 is 28.5. The van der Waals surface area contributed by atoms with Crippen molar-refractivity contribution in [3.05, 3.63) is 58.4 Å². The van der Waals surface area contributed by atoms with E-state index in [4.69, 9.17) is 0 Å². The molecule has 0 atom stereocenters. The number of benzene rings is 1. The number of nitrogens with zero attached hydrogens (tertiary/aromatic N) is 5. The van der Waals surface area contributed by atoms with Gasteiger partial charge in [0.15, 0.2) is 0 Å². The number of sulfonamides is 1. The summed E-state index contributed by atoms with van der Waals surface area (Å²) in [4.78, 5) is 18.5. The number of halogens is 1. The van der Waals surface area contributed by atoms with Crippen LogP contribution in [-0.2, 0) is 16.6 Å². The average Bonchev–Trinajstić information content (AvgIpc) is 2.79. The van der Waals surface area contributed by atoms with Crippen molar-refractivity contribution in [1.29, 1.82) is 0 Å². The summed E-state index contributed by atoms with van der Waals surface area (Å²) in [5, 5.41) is 21.3. The van der Waals surface area contributed by atoms with E-state index in [-0.39, 0.29) is 36.8 Å². The molecule has 1 aliphatic rings. The number of aliphatic hydroxyl groups is 1. The van der Waals surface area contributed by atoms with E-state index in [1.807, 2.05) is 12.1 Å². The number of nitro benzene ring substituents is 1. The molecule has 3 rings (SSSR count). The maximum atomic E-state index is 13.5. The molecule has 1 aromatic carbocycles. The third-order valence-corrected chi connectivity index (χ3v) is 7.61. The van der Waals surface area contributed by atoms with Crippen LogP contribution in [0.1, 0.15) is 5.56 Å². The van der Waals surface area contributed by atoms with Gasteiger partial charge in [-0.2, -0.15) is 4.31 Å². The van der Waals surface area contributed by atoms with Crippen LogP contribution < -0.4 is 4.90 Å². The van der Waals surface area contributed by atoms with E-state index in [2.05, 4.69) is 25.8 Å². The van der Waals surface area contributed by atoms with Crippen LogP contribution >= 0.6 is 15.9 Å². The lowest BCUT2D eigenvalue weighted by molar-refractivity contribution is -0.385. The fraction of sp³-hybridized carbons (Fsp3) is 0.450. The number of rotatable bonds is 10. The molecule has 1 N–H and O–H groups in total. The number of pyridine rings is 1. The van der Waals surface area contributed by atoms with Crippen molar-refractivity contribution in [2.24, 2.45) is 0 Å². The molecule has 1 fully saturated rings. The third-order valence-electron chi connectivity index (χ3n) is 5.32. The number of piperazine rings is 1. The van der Waals surface area contributed by atoms with Crippen molar-refractivity contribution in [2.45, 2.75) is 11.4 Å². The summed E-state index contributed by atoms with van der Waals surface area (Å²) in [6.45, 7) is 2.86. The maximum absolute atomic E-state index is 13.5.